The molecule has 5 rings (SSSR count). The van der Waals surface area contributed by atoms with Gasteiger partial charge in [0.1, 0.15) is 15.8 Å². The summed E-state index contributed by atoms with van der Waals surface area (Å²) in [4.78, 5) is 20.6. The molecule has 1 unspecified atom stereocenters. The quantitative estimate of drug-likeness (QED) is 0.678. The van der Waals surface area contributed by atoms with E-state index in [0.29, 0.717) is 5.92 Å². The molecule has 1 atom stereocenters. The number of para-hydroxylation sites is 1. The molecule has 2 aromatic heterocycles. The van der Waals surface area contributed by atoms with Crippen LogP contribution >= 0.6 is 11.3 Å². The van der Waals surface area contributed by atoms with Gasteiger partial charge in [0.2, 0.25) is 0 Å². The van der Waals surface area contributed by atoms with Crippen molar-refractivity contribution < 1.29 is 0 Å². The normalized spacial score (nSPS) is 20.6. The molecule has 3 aromatic rings. The zero-order chi connectivity index (χ0) is 18.4. The Morgan fingerprint density at radius 2 is 2.04 bits per heavy atom. The summed E-state index contributed by atoms with van der Waals surface area (Å²) in [6.07, 6.45) is 4.59. The maximum Gasteiger partial charge on any atom is 0.261 e. The minimum absolute atomic E-state index is 0.112. The molecular weight excluding hydrogens is 358 g/mol. The average molecular weight is 382 g/mol. The van der Waals surface area contributed by atoms with Crippen molar-refractivity contribution in [3.8, 4) is 0 Å². The standard InChI is InChI=1S/C20H23N5OS/c1-13-22-23-18(27-13)12-24-10-4-7-17(24)19-21-16-6-3-2-5-15(16)20(26)25(19)11-14-8-9-14/h2-3,5-6,14,17H,4,7-12H2,1H3. The third-order valence-electron chi connectivity index (χ3n) is 5.60. The molecule has 0 amide bonds. The predicted octanol–water partition coefficient (Wildman–Crippen LogP) is 3.30. The van der Waals surface area contributed by atoms with Gasteiger partial charge in [-0.25, -0.2) is 4.98 Å². The molecule has 0 radical (unpaired) electrons. The predicted molar refractivity (Wildman–Crippen MR) is 106 cm³/mol. The first-order valence-corrected chi connectivity index (χ1v) is 10.5. The van der Waals surface area contributed by atoms with E-state index in [1.54, 1.807) is 11.3 Å². The molecule has 1 saturated carbocycles. The van der Waals surface area contributed by atoms with Gasteiger partial charge in [-0.2, -0.15) is 0 Å². The van der Waals surface area contributed by atoms with Gasteiger partial charge >= 0.3 is 0 Å². The highest BCUT2D eigenvalue weighted by Gasteiger charge is 2.32. The van der Waals surface area contributed by atoms with Crippen LogP contribution in [0.2, 0.25) is 0 Å². The lowest BCUT2D eigenvalue weighted by atomic mass is 10.1. The summed E-state index contributed by atoms with van der Waals surface area (Å²) in [5, 5.41) is 11.2. The van der Waals surface area contributed by atoms with Crippen LogP contribution in [0.1, 0.15) is 47.6 Å². The van der Waals surface area contributed by atoms with E-state index in [2.05, 4.69) is 15.1 Å². The van der Waals surface area contributed by atoms with Crippen molar-refractivity contribution in [2.75, 3.05) is 6.54 Å². The highest BCUT2D eigenvalue weighted by Crippen LogP contribution is 2.35. The van der Waals surface area contributed by atoms with Gasteiger partial charge in [-0.15, -0.1) is 21.5 Å². The van der Waals surface area contributed by atoms with Crippen LogP contribution in [0, 0.1) is 12.8 Å². The Hall–Kier alpha value is -2.12. The van der Waals surface area contributed by atoms with E-state index in [-0.39, 0.29) is 11.6 Å². The van der Waals surface area contributed by atoms with Crippen molar-refractivity contribution in [2.45, 2.75) is 51.7 Å². The lowest BCUT2D eigenvalue weighted by molar-refractivity contribution is 0.231. The second-order valence-corrected chi connectivity index (χ2v) is 8.96. The first kappa shape index (κ1) is 17.0. The summed E-state index contributed by atoms with van der Waals surface area (Å²) in [5.41, 5.74) is 0.921. The van der Waals surface area contributed by atoms with E-state index in [4.69, 9.17) is 4.98 Å². The van der Waals surface area contributed by atoms with Gasteiger partial charge in [0, 0.05) is 6.54 Å². The van der Waals surface area contributed by atoms with E-state index in [1.165, 1.54) is 12.8 Å². The van der Waals surface area contributed by atoms with Gasteiger partial charge in [0.05, 0.1) is 23.5 Å². The van der Waals surface area contributed by atoms with Crippen LogP contribution in [0.5, 0.6) is 0 Å². The third-order valence-corrected chi connectivity index (χ3v) is 6.42. The maximum absolute atomic E-state index is 13.2. The Balaban J connectivity index is 1.56. The van der Waals surface area contributed by atoms with Crippen LogP contribution in [0.15, 0.2) is 29.1 Å². The van der Waals surface area contributed by atoms with Crippen LogP contribution in [0.4, 0.5) is 0 Å². The molecular formula is C20H23N5OS. The molecule has 2 aliphatic rings. The molecule has 7 heteroatoms. The van der Waals surface area contributed by atoms with E-state index < -0.39 is 0 Å². The first-order chi connectivity index (χ1) is 13.2. The number of fused-ring (bicyclic) bond motifs is 1. The number of aryl methyl sites for hydroxylation is 1. The molecule has 1 aliphatic carbocycles. The van der Waals surface area contributed by atoms with Gasteiger partial charge in [-0.1, -0.05) is 12.1 Å². The van der Waals surface area contributed by atoms with Gasteiger partial charge < -0.3 is 0 Å². The molecule has 0 spiro atoms. The smallest absolute Gasteiger partial charge is 0.261 e. The highest BCUT2D eigenvalue weighted by molar-refractivity contribution is 7.11. The monoisotopic (exact) mass is 381 g/mol. The van der Waals surface area contributed by atoms with E-state index in [9.17, 15) is 4.79 Å². The number of hydrogen-bond donors (Lipinski definition) is 0. The molecule has 3 heterocycles. The third kappa shape index (κ3) is 3.30. The minimum Gasteiger partial charge on any atom is -0.295 e. The average Bonchev–Trinajstić information content (AvgIpc) is 3.22. The van der Waals surface area contributed by atoms with E-state index in [0.717, 1.165) is 59.2 Å². The Morgan fingerprint density at radius 1 is 1.19 bits per heavy atom. The van der Waals surface area contributed by atoms with Crippen molar-refractivity contribution in [1.29, 1.82) is 0 Å². The van der Waals surface area contributed by atoms with E-state index in [1.807, 2.05) is 35.8 Å². The van der Waals surface area contributed by atoms with Crippen LogP contribution < -0.4 is 5.56 Å². The maximum atomic E-state index is 13.2. The highest BCUT2D eigenvalue weighted by atomic mass is 32.1. The van der Waals surface area contributed by atoms with Crippen molar-refractivity contribution in [1.82, 2.24) is 24.6 Å². The zero-order valence-corrected chi connectivity index (χ0v) is 16.3. The molecule has 1 aliphatic heterocycles. The van der Waals surface area contributed by atoms with Gasteiger partial charge in [0.15, 0.2) is 0 Å². The lowest BCUT2D eigenvalue weighted by Gasteiger charge is -2.25. The van der Waals surface area contributed by atoms with Gasteiger partial charge in [-0.05, 0) is 57.2 Å². The summed E-state index contributed by atoms with van der Waals surface area (Å²) >= 11 is 1.65. The molecule has 0 bridgehead atoms. The number of benzene rings is 1. The summed E-state index contributed by atoms with van der Waals surface area (Å²) in [6, 6.07) is 7.90. The SMILES string of the molecule is Cc1nnc(CN2CCCC2c2nc3ccccc3c(=O)n2CC2CC2)s1. The molecule has 6 nitrogen and oxygen atoms in total. The Morgan fingerprint density at radius 3 is 2.81 bits per heavy atom. The van der Waals surface area contributed by atoms with E-state index >= 15 is 0 Å². The fraction of sp³-hybridized carbons (Fsp3) is 0.500. The van der Waals surface area contributed by atoms with Crippen LogP contribution in [-0.4, -0.2) is 31.2 Å². The summed E-state index contributed by atoms with van der Waals surface area (Å²) < 4.78 is 1.97. The zero-order valence-electron chi connectivity index (χ0n) is 15.5. The van der Waals surface area contributed by atoms with Crippen LogP contribution in [0.25, 0.3) is 10.9 Å². The Labute approximate surface area is 161 Å². The molecule has 2 fully saturated rings. The molecule has 140 valence electrons. The molecule has 1 saturated heterocycles. The molecule has 27 heavy (non-hydrogen) atoms. The lowest BCUT2D eigenvalue weighted by Crippen LogP contribution is -2.32. The van der Waals surface area contributed by atoms with Crippen molar-refractivity contribution >= 4 is 22.2 Å². The molecule has 1 aromatic carbocycles. The number of nitrogens with zero attached hydrogens (tertiary/aromatic N) is 5. The Kier molecular flexibility index (Phi) is 4.28. The number of likely N-dealkylation sites (tertiary alicyclic amines) is 1. The Bertz CT molecular complexity index is 1040. The number of aromatic nitrogens is 4. The summed E-state index contributed by atoms with van der Waals surface area (Å²) in [6.45, 7) is 4.58. The van der Waals surface area contributed by atoms with Crippen molar-refractivity contribution in [3.63, 3.8) is 0 Å². The summed E-state index contributed by atoms with van der Waals surface area (Å²) in [7, 11) is 0. The second kappa shape index (κ2) is 6.80. The second-order valence-electron chi connectivity index (χ2n) is 7.69. The summed E-state index contributed by atoms with van der Waals surface area (Å²) in [5.74, 6) is 1.56. The van der Waals surface area contributed by atoms with Crippen LogP contribution in [-0.2, 0) is 13.1 Å². The topological polar surface area (TPSA) is 63.9 Å². The van der Waals surface area contributed by atoms with Crippen molar-refractivity contribution in [2.24, 2.45) is 5.92 Å². The first-order valence-electron chi connectivity index (χ1n) is 9.71. The van der Waals surface area contributed by atoms with Crippen molar-refractivity contribution in [3.05, 3.63) is 50.5 Å². The number of rotatable bonds is 5. The van der Waals surface area contributed by atoms with Crippen LogP contribution in [0.3, 0.4) is 0 Å². The van der Waals surface area contributed by atoms with Gasteiger partial charge in [0.25, 0.3) is 5.56 Å². The molecule has 0 N–H and O–H groups in total. The number of hydrogen-bond acceptors (Lipinski definition) is 6. The van der Waals surface area contributed by atoms with Gasteiger partial charge in [-0.3, -0.25) is 14.3 Å². The fourth-order valence-electron chi connectivity index (χ4n) is 4.06. The minimum atomic E-state index is 0.112. The largest absolute Gasteiger partial charge is 0.295 e. The fourth-order valence-corrected chi connectivity index (χ4v) is 4.79.